The number of nitrogens with two attached hydrogens (primary N) is 1. The van der Waals surface area contributed by atoms with Gasteiger partial charge in [0.25, 0.3) is 5.89 Å². The van der Waals surface area contributed by atoms with Crippen molar-refractivity contribution < 1.29 is 4.52 Å². The van der Waals surface area contributed by atoms with Gasteiger partial charge in [0, 0.05) is 11.3 Å². The molecular formula is C16H13N3O. The molecule has 0 saturated heterocycles. The highest BCUT2D eigenvalue weighted by Gasteiger charge is 2.31. The van der Waals surface area contributed by atoms with Gasteiger partial charge < -0.3 is 10.3 Å². The number of anilines is 1. The lowest BCUT2D eigenvalue weighted by atomic mass is 9.77. The molecule has 0 fully saturated rings. The fourth-order valence-corrected chi connectivity index (χ4v) is 2.65. The van der Waals surface area contributed by atoms with E-state index in [0.717, 1.165) is 17.8 Å². The topological polar surface area (TPSA) is 64.9 Å². The Morgan fingerprint density at radius 3 is 2.85 bits per heavy atom. The molecule has 2 aromatic carbocycles. The van der Waals surface area contributed by atoms with Crippen LogP contribution in [0.4, 0.5) is 5.69 Å². The van der Waals surface area contributed by atoms with Gasteiger partial charge in [-0.3, -0.25) is 0 Å². The van der Waals surface area contributed by atoms with Crippen molar-refractivity contribution in [3.05, 3.63) is 65.5 Å². The molecule has 4 rings (SSSR count). The Bertz CT molecular complexity index is 779. The predicted molar refractivity (Wildman–Crippen MR) is 76.1 cm³/mol. The lowest BCUT2D eigenvalue weighted by molar-refractivity contribution is 0.416. The van der Waals surface area contributed by atoms with Crippen molar-refractivity contribution in [3.63, 3.8) is 0 Å². The third-order valence-electron chi connectivity index (χ3n) is 3.74. The van der Waals surface area contributed by atoms with E-state index in [1.165, 1.54) is 11.1 Å². The molecule has 1 aliphatic carbocycles. The van der Waals surface area contributed by atoms with Gasteiger partial charge in [0.1, 0.15) is 0 Å². The van der Waals surface area contributed by atoms with E-state index in [0.29, 0.717) is 11.6 Å². The zero-order chi connectivity index (χ0) is 13.5. The van der Waals surface area contributed by atoms with Crippen molar-refractivity contribution in [2.24, 2.45) is 0 Å². The number of hydrogen-bond donors (Lipinski definition) is 1. The predicted octanol–water partition coefficient (Wildman–Crippen LogP) is 3.01. The molecule has 0 aliphatic heterocycles. The zero-order valence-corrected chi connectivity index (χ0v) is 10.8. The second kappa shape index (κ2) is 4.20. The Morgan fingerprint density at radius 2 is 2.00 bits per heavy atom. The Balaban J connectivity index is 1.67. The molecule has 0 saturated carbocycles. The van der Waals surface area contributed by atoms with E-state index in [4.69, 9.17) is 10.3 Å². The largest absolute Gasteiger partial charge is 0.399 e. The third kappa shape index (κ3) is 1.69. The Hall–Kier alpha value is -2.62. The van der Waals surface area contributed by atoms with Gasteiger partial charge in [0.15, 0.2) is 5.82 Å². The summed E-state index contributed by atoms with van der Waals surface area (Å²) in [5, 5.41) is 4.12. The summed E-state index contributed by atoms with van der Waals surface area (Å²) in [7, 11) is 0. The summed E-state index contributed by atoms with van der Waals surface area (Å²) < 4.78 is 5.36. The van der Waals surface area contributed by atoms with Gasteiger partial charge in [-0.25, -0.2) is 0 Å². The SMILES string of the molecule is Nc1cccc(-c2nc(C3Cc4ccccc43)no2)c1. The van der Waals surface area contributed by atoms with Crippen LogP contribution in [0.2, 0.25) is 0 Å². The molecule has 1 atom stereocenters. The number of rotatable bonds is 2. The van der Waals surface area contributed by atoms with Crippen molar-refractivity contribution in [2.75, 3.05) is 5.73 Å². The molecule has 0 amide bonds. The maximum absolute atomic E-state index is 5.77. The molecule has 1 unspecified atom stereocenters. The summed E-state index contributed by atoms with van der Waals surface area (Å²) in [6.07, 6.45) is 0.978. The van der Waals surface area contributed by atoms with Crippen LogP contribution in [-0.2, 0) is 6.42 Å². The fourth-order valence-electron chi connectivity index (χ4n) is 2.65. The minimum absolute atomic E-state index is 0.254. The highest BCUT2D eigenvalue weighted by molar-refractivity contribution is 5.59. The van der Waals surface area contributed by atoms with Crippen LogP contribution in [-0.4, -0.2) is 10.1 Å². The first-order chi connectivity index (χ1) is 9.81. The van der Waals surface area contributed by atoms with Crippen LogP contribution < -0.4 is 5.73 Å². The average molecular weight is 263 g/mol. The van der Waals surface area contributed by atoms with Crippen LogP contribution >= 0.6 is 0 Å². The van der Waals surface area contributed by atoms with Gasteiger partial charge >= 0.3 is 0 Å². The van der Waals surface area contributed by atoms with Crippen molar-refractivity contribution >= 4 is 5.69 Å². The average Bonchev–Trinajstić information content (AvgIpc) is 2.90. The maximum Gasteiger partial charge on any atom is 0.258 e. The number of fused-ring (bicyclic) bond motifs is 1. The number of aromatic nitrogens is 2. The molecule has 4 nitrogen and oxygen atoms in total. The van der Waals surface area contributed by atoms with Crippen molar-refractivity contribution in [1.29, 1.82) is 0 Å². The molecule has 0 radical (unpaired) electrons. The Morgan fingerprint density at radius 1 is 1.10 bits per heavy atom. The number of nitrogen functional groups attached to an aromatic ring is 1. The third-order valence-corrected chi connectivity index (χ3v) is 3.74. The molecule has 0 spiro atoms. The lowest BCUT2D eigenvalue weighted by Crippen LogP contribution is -2.19. The highest BCUT2D eigenvalue weighted by Crippen LogP contribution is 2.39. The summed E-state index contributed by atoms with van der Waals surface area (Å²) in [6, 6.07) is 15.8. The molecule has 1 heterocycles. The van der Waals surface area contributed by atoms with Crippen LogP contribution in [0, 0.1) is 0 Å². The van der Waals surface area contributed by atoms with E-state index in [2.05, 4.69) is 28.3 Å². The summed E-state index contributed by atoms with van der Waals surface area (Å²) in [4.78, 5) is 4.51. The zero-order valence-electron chi connectivity index (χ0n) is 10.8. The first kappa shape index (κ1) is 11.2. The van der Waals surface area contributed by atoms with Gasteiger partial charge in [-0.1, -0.05) is 35.5 Å². The summed E-state index contributed by atoms with van der Waals surface area (Å²) >= 11 is 0. The molecule has 20 heavy (non-hydrogen) atoms. The van der Waals surface area contributed by atoms with Gasteiger partial charge in [-0.15, -0.1) is 0 Å². The Kier molecular flexibility index (Phi) is 2.36. The van der Waals surface area contributed by atoms with Gasteiger partial charge in [0.2, 0.25) is 0 Å². The van der Waals surface area contributed by atoms with Crippen LogP contribution in [0.15, 0.2) is 53.1 Å². The highest BCUT2D eigenvalue weighted by atomic mass is 16.5. The monoisotopic (exact) mass is 263 g/mol. The smallest absolute Gasteiger partial charge is 0.258 e. The molecule has 1 aliphatic rings. The van der Waals surface area contributed by atoms with E-state index in [-0.39, 0.29) is 5.92 Å². The van der Waals surface area contributed by atoms with E-state index in [1.807, 2.05) is 30.3 Å². The quantitative estimate of drug-likeness (QED) is 0.722. The number of benzene rings is 2. The molecule has 4 heteroatoms. The maximum atomic E-state index is 5.77. The first-order valence-electron chi connectivity index (χ1n) is 6.58. The van der Waals surface area contributed by atoms with Crippen molar-refractivity contribution in [2.45, 2.75) is 12.3 Å². The van der Waals surface area contributed by atoms with Crippen LogP contribution in [0.5, 0.6) is 0 Å². The molecule has 2 N–H and O–H groups in total. The second-order valence-corrected chi connectivity index (χ2v) is 5.04. The normalized spacial score (nSPS) is 16.5. The van der Waals surface area contributed by atoms with E-state index < -0.39 is 0 Å². The standard InChI is InChI=1S/C16H13N3O/c17-12-6-3-5-11(8-12)16-18-15(19-20-16)14-9-10-4-1-2-7-13(10)14/h1-8,14H,9,17H2. The minimum Gasteiger partial charge on any atom is -0.399 e. The van der Waals surface area contributed by atoms with Gasteiger partial charge in [-0.05, 0) is 35.7 Å². The van der Waals surface area contributed by atoms with Crippen LogP contribution in [0.1, 0.15) is 22.9 Å². The summed E-state index contributed by atoms with van der Waals surface area (Å²) in [6.45, 7) is 0. The second-order valence-electron chi connectivity index (χ2n) is 5.04. The first-order valence-corrected chi connectivity index (χ1v) is 6.58. The van der Waals surface area contributed by atoms with E-state index >= 15 is 0 Å². The number of nitrogens with zero attached hydrogens (tertiary/aromatic N) is 2. The summed E-state index contributed by atoms with van der Waals surface area (Å²) in [5.74, 6) is 1.53. The molecule has 0 bridgehead atoms. The fraction of sp³-hybridized carbons (Fsp3) is 0.125. The van der Waals surface area contributed by atoms with Crippen LogP contribution in [0.3, 0.4) is 0 Å². The van der Waals surface area contributed by atoms with E-state index in [1.54, 1.807) is 0 Å². The molecule has 3 aromatic rings. The number of hydrogen-bond acceptors (Lipinski definition) is 4. The molecular weight excluding hydrogens is 250 g/mol. The van der Waals surface area contributed by atoms with Gasteiger partial charge in [0.05, 0.1) is 5.92 Å². The van der Waals surface area contributed by atoms with E-state index in [9.17, 15) is 0 Å². The summed E-state index contributed by atoms with van der Waals surface area (Å²) in [5.41, 5.74) is 9.99. The van der Waals surface area contributed by atoms with Crippen molar-refractivity contribution in [1.82, 2.24) is 10.1 Å². The molecule has 1 aromatic heterocycles. The van der Waals surface area contributed by atoms with Gasteiger partial charge in [-0.2, -0.15) is 4.98 Å². The lowest BCUT2D eigenvalue weighted by Gasteiger charge is -2.27. The Labute approximate surface area is 116 Å². The van der Waals surface area contributed by atoms with Crippen molar-refractivity contribution in [3.8, 4) is 11.5 Å². The minimum atomic E-state index is 0.254. The molecule has 98 valence electrons. The van der Waals surface area contributed by atoms with Crippen LogP contribution in [0.25, 0.3) is 11.5 Å².